The van der Waals surface area contributed by atoms with Gasteiger partial charge in [-0.25, -0.2) is 0 Å². The first-order valence-electron chi connectivity index (χ1n) is 6.43. The number of rotatable bonds is 7. The predicted molar refractivity (Wildman–Crippen MR) is 75.1 cm³/mol. The van der Waals surface area contributed by atoms with E-state index in [1.807, 2.05) is 18.2 Å². The number of para-hydroxylation sites is 1. The second-order valence-corrected chi connectivity index (χ2v) is 4.34. The summed E-state index contributed by atoms with van der Waals surface area (Å²) in [6.45, 7) is 4.84. The molecule has 0 aromatic heterocycles. The molecule has 0 aliphatic heterocycles. The lowest BCUT2D eigenvalue weighted by Crippen LogP contribution is -2.26. The van der Waals surface area contributed by atoms with E-state index in [4.69, 9.17) is 5.73 Å². The first kappa shape index (κ1) is 14.5. The van der Waals surface area contributed by atoms with Gasteiger partial charge in [0.1, 0.15) is 0 Å². The number of amides is 1. The Hall–Kier alpha value is -1.55. The van der Waals surface area contributed by atoms with Crippen molar-refractivity contribution in [2.24, 2.45) is 0 Å². The lowest BCUT2D eigenvalue weighted by Gasteiger charge is -2.21. The molecule has 0 aliphatic carbocycles. The molecule has 3 N–H and O–H groups in total. The fraction of sp³-hybridized carbons (Fsp3) is 0.500. The monoisotopic (exact) mass is 249 g/mol. The summed E-state index contributed by atoms with van der Waals surface area (Å²) in [7, 11) is 1.67. The fourth-order valence-electron chi connectivity index (χ4n) is 1.86. The summed E-state index contributed by atoms with van der Waals surface area (Å²) in [6.07, 6.45) is 1.46. The van der Waals surface area contributed by atoms with Crippen LogP contribution in [0.25, 0.3) is 0 Å². The van der Waals surface area contributed by atoms with E-state index in [0.717, 1.165) is 37.3 Å². The molecule has 0 bridgehead atoms. The molecule has 0 saturated heterocycles. The van der Waals surface area contributed by atoms with Gasteiger partial charge in [-0.1, -0.05) is 25.1 Å². The molecule has 4 nitrogen and oxygen atoms in total. The highest BCUT2D eigenvalue weighted by Gasteiger charge is 2.07. The van der Waals surface area contributed by atoms with Gasteiger partial charge < -0.3 is 11.1 Å². The van der Waals surface area contributed by atoms with Gasteiger partial charge in [-0.2, -0.15) is 0 Å². The minimum absolute atomic E-state index is 0.102. The Morgan fingerprint density at radius 3 is 2.72 bits per heavy atom. The SMILES string of the molecule is CCN(CCCC(=O)NC)Cc1ccccc1N. The van der Waals surface area contributed by atoms with Gasteiger partial charge >= 0.3 is 0 Å². The molecule has 18 heavy (non-hydrogen) atoms. The molecule has 0 fully saturated rings. The van der Waals surface area contributed by atoms with Crippen LogP contribution in [0.2, 0.25) is 0 Å². The Balaban J connectivity index is 2.42. The second-order valence-electron chi connectivity index (χ2n) is 4.34. The largest absolute Gasteiger partial charge is 0.398 e. The van der Waals surface area contributed by atoms with Gasteiger partial charge in [0.15, 0.2) is 0 Å². The van der Waals surface area contributed by atoms with Gasteiger partial charge in [0, 0.05) is 25.7 Å². The molecule has 0 spiro atoms. The van der Waals surface area contributed by atoms with Crippen molar-refractivity contribution in [2.75, 3.05) is 25.9 Å². The van der Waals surface area contributed by atoms with Crippen LogP contribution in [0.15, 0.2) is 24.3 Å². The first-order chi connectivity index (χ1) is 8.67. The molecule has 1 amide bonds. The number of nitrogens with one attached hydrogen (secondary N) is 1. The Morgan fingerprint density at radius 1 is 1.39 bits per heavy atom. The average Bonchev–Trinajstić information content (AvgIpc) is 2.39. The summed E-state index contributed by atoms with van der Waals surface area (Å²) >= 11 is 0. The van der Waals surface area contributed by atoms with Crippen LogP contribution in [0.5, 0.6) is 0 Å². The highest BCUT2D eigenvalue weighted by molar-refractivity contribution is 5.75. The number of nitrogens with two attached hydrogens (primary N) is 1. The van der Waals surface area contributed by atoms with Crippen molar-refractivity contribution in [2.45, 2.75) is 26.3 Å². The van der Waals surface area contributed by atoms with Crippen molar-refractivity contribution in [3.05, 3.63) is 29.8 Å². The number of anilines is 1. The molecule has 1 rings (SSSR count). The summed E-state index contributed by atoms with van der Waals surface area (Å²) in [5.41, 5.74) is 7.92. The summed E-state index contributed by atoms with van der Waals surface area (Å²) in [4.78, 5) is 13.4. The van der Waals surface area contributed by atoms with Crippen LogP contribution in [-0.4, -0.2) is 30.9 Å². The van der Waals surface area contributed by atoms with Crippen LogP contribution in [0.3, 0.4) is 0 Å². The maximum absolute atomic E-state index is 11.1. The Labute approximate surface area is 109 Å². The quantitative estimate of drug-likeness (QED) is 0.722. The molecule has 0 unspecified atom stereocenters. The topological polar surface area (TPSA) is 58.4 Å². The fourth-order valence-corrected chi connectivity index (χ4v) is 1.86. The van der Waals surface area contributed by atoms with Crippen LogP contribution in [0.4, 0.5) is 5.69 Å². The van der Waals surface area contributed by atoms with Crippen molar-refractivity contribution in [1.82, 2.24) is 10.2 Å². The molecule has 1 aromatic rings. The van der Waals surface area contributed by atoms with Gasteiger partial charge in [0.05, 0.1) is 0 Å². The van der Waals surface area contributed by atoms with Crippen LogP contribution in [0, 0.1) is 0 Å². The van der Waals surface area contributed by atoms with Crippen LogP contribution >= 0.6 is 0 Å². The number of hydrogen-bond donors (Lipinski definition) is 2. The zero-order chi connectivity index (χ0) is 13.4. The van der Waals surface area contributed by atoms with E-state index < -0.39 is 0 Å². The number of nitrogen functional groups attached to an aromatic ring is 1. The molecule has 0 saturated carbocycles. The van der Waals surface area contributed by atoms with Crippen LogP contribution < -0.4 is 11.1 Å². The third kappa shape index (κ3) is 4.75. The standard InChI is InChI=1S/C14H23N3O/c1-3-17(10-6-9-14(18)16-2)11-12-7-4-5-8-13(12)15/h4-5,7-8H,3,6,9-11,15H2,1-2H3,(H,16,18). The summed E-state index contributed by atoms with van der Waals surface area (Å²) in [6, 6.07) is 7.93. The second kappa shape index (κ2) is 7.71. The average molecular weight is 249 g/mol. The molecule has 0 heterocycles. The zero-order valence-corrected chi connectivity index (χ0v) is 11.3. The number of carbonyl (C=O) groups is 1. The molecule has 0 radical (unpaired) electrons. The third-order valence-corrected chi connectivity index (χ3v) is 3.05. The van der Waals surface area contributed by atoms with E-state index in [1.54, 1.807) is 7.05 Å². The summed E-state index contributed by atoms with van der Waals surface area (Å²) < 4.78 is 0. The summed E-state index contributed by atoms with van der Waals surface area (Å²) in [5.74, 6) is 0.102. The first-order valence-corrected chi connectivity index (χ1v) is 6.43. The van der Waals surface area contributed by atoms with Crippen molar-refractivity contribution in [3.8, 4) is 0 Å². The minimum Gasteiger partial charge on any atom is -0.398 e. The predicted octanol–water partition coefficient (Wildman–Crippen LogP) is 1.62. The highest BCUT2D eigenvalue weighted by atomic mass is 16.1. The third-order valence-electron chi connectivity index (χ3n) is 3.05. The molecule has 1 aromatic carbocycles. The highest BCUT2D eigenvalue weighted by Crippen LogP contribution is 2.13. The lowest BCUT2D eigenvalue weighted by atomic mass is 10.1. The Bertz CT molecular complexity index is 379. The van der Waals surface area contributed by atoms with Crippen LogP contribution in [-0.2, 0) is 11.3 Å². The molecular weight excluding hydrogens is 226 g/mol. The molecule has 100 valence electrons. The van der Waals surface area contributed by atoms with Crippen molar-refractivity contribution in [1.29, 1.82) is 0 Å². The van der Waals surface area contributed by atoms with E-state index in [9.17, 15) is 4.79 Å². The van der Waals surface area contributed by atoms with E-state index in [-0.39, 0.29) is 5.91 Å². The van der Waals surface area contributed by atoms with E-state index in [0.29, 0.717) is 6.42 Å². The molecule has 0 atom stereocenters. The number of carbonyl (C=O) groups excluding carboxylic acids is 1. The van der Waals surface area contributed by atoms with Gasteiger partial charge in [-0.3, -0.25) is 9.69 Å². The zero-order valence-electron chi connectivity index (χ0n) is 11.3. The van der Waals surface area contributed by atoms with Gasteiger partial charge in [-0.05, 0) is 31.1 Å². The maximum atomic E-state index is 11.1. The number of nitrogens with zero attached hydrogens (tertiary/aromatic N) is 1. The maximum Gasteiger partial charge on any atom is 0.219 e. The van der Waals surface area contributed by atoms with Crippen molar-refractivity contribution >= 4 is 11.6 Å². The van der Waals surface area contributed by atoms with E-state index >= 15 is 0 Å². The molecule has 0 aliphatic rings. The Morgan fingerprint density at radius 2 is 2.11 bits per heavy atom. The Kier molecular flexibility index (Phi) is 6.22. The van der Waals surface area contributed by atoms with Crippen molar-refractivity contribution < 1.29 is 4.79 Å². The van der Waals surface area contributed by atoms with Crippen LogP contribution in [0.1, 0.15) is 25.3 Å². The molecule has 4 heteroatoms. The van der Waals surface area contributed by atoms with E-state index in [2.05, 4.69) is 23.2 Å². The van der Waals surface area contributed by atoms with Gasteiger partial charge in [0.2, 0.25) is 5.91 Å². The van der Waals surface area contributed by atoms with Gasteiger partial charge in [0.25, 0.3) is 0 Å². The van der Waals surface area contributed by atoms with Gasteiger partial charge in [-0.15, -0.1) is 0 Å². The number of benzene rings is 1. The normalized spacial score (nSPS) is 10.6. The summed E-state index contributed by atoms with van der Waals surface area (Å²) in [5, 5.41) is 2.64. The smallest absolute Gasteiger partial charge is 0.219 e. The number of hydrogen-bond acceptors (Lipinski definition) is 3. The van der Waals surface area contributed by atoms with Crippen molar-refractivity contribution in [3.63, 3.8) is 0 Å². The lowest BCUT2D eigenvalue weighted by molar-refractivity contribution is -0.120. The minimum atomic E-state index is 0.102. The van der Waals surface area contributed by atoms with E-state index in [1.165, 1.54) is 0 Å². The molecular formula is C14H23N3O.